The third-order valence-corrected chi connectivity index (χ3v) is 5.19. The lowest BCUT2D eigenvalue weighted by Crippen LogP contribution is -1.97. The van der Waals surface area contributed by atoms with E-state index in [0.29, 0.717) is 0 Å². The first-order valence-corrected chi connectivity index (χ1v) is 8.00. The predicted molar refractivity (Wildman–Crippen MR) is 89.5 cm³/mol. The van der Waals surface area contributed by atoms with Crippen LogP contribution in [-0.4, -0.2) is 26.8 Å². The summed E-state index contributed by atoms with van der Waals surface area (Å²) in [5, 5.41) is 7.29. The summed E-state index contributed by atoms with van der Waals surface area (Å²) in [5.41, 5.74) is 1.84. The Balaban J connectivity index is 2.13. The van der Waals surface area contributed by atoms with E-state index in [2.05, 4.69) is 49.3 Å². The Morgan fingerprint density at radius 1 is 1.29 bits per heavy atom. The van der Waals surface area contributed by atoms with Crippen molar-refractivity contribution in [3.05, 3.63) is 33.9 Å². The fourth-order valence-corrected chi connectivity index (χ4v) is 3.43. The number of thiophene rings is 1. The van der Waals surface area contributed by atoms with Crippen LogP contribution >= 0.6 is 27.3 Å². The van der Waals surface area contributed by atoms with Crippen LogP contribution < -0.4 is 5.32 Å². The number of nitrogens with zero attached hydrogens (tertiary/aromatic N) is 4. The Morgan fingerprint density at radius 2 is 2.10 bits per heavy atom. The third-order valence-electron chi connectivity index (χ3n) is 3.06. The lowest BCUT2D eigenvalue weighted by Gasteiger charge is -2.05. The molecule has 21 heavy (non-hydrogen) atoms. The fourth-order valence-electron chi connectivity index (χ4n) is 1.96. The van der Waals surface area contributed by atoms with Crippen LogP contribution in [0.1, 0.15) is 4.88 Å². The number of hydrogen-bond donors (Lipinski definition) is 1. The molecule has 0 aliphatic carbocycles. The molecule has 5 nitrogen and oxygen atoms in total. The van der Waals surface area contributed by atoms with Crippen molar-refractivity contribution in [1.82, 2.24) is 19.7 Å². The highest BCUT2D eigenvalue weighted by Crippen LogP contribution is 2.33. The number of hydrogen-bond acceptors (Lipinski definition) is 5. The molecule has 3 heterocycles. The standard InChI is InChI=1S/C14H14BrN5S/c1-8-10(15)4-12(21-8)14-18-11(5-13(16-2)19-14)9-6-17-20(3)7-9/h4-7H,1-3H3,(H,16,18,19). The van der Waals surface area contributed by atoms with Crippen molar-refractivity contribution in [3.8, 4) is 22.0 Å². The Morgan fingerprint density at radius 3 is 2.67 bits per heavy atom. The quantitative estimate of drug-likeness (QED) is 0.770. The van der Waals surface area contributed by atoms with Crippen LogP contribution in [0.25, 0.3) is 22.0 Å². The number of aryl methyl sites for hydroxylation is 2. The van der Waals surface area contributed by atoms with Crippen molar-refractivity contribution in [2.45, 2.75) is 6.92 Å². The van der Waals surface area contributed by atoms with E-state index in [1.807, 2.05) is 26.4 Å². The Hall–Kier alpha value is -1.73. The summed E-state index contributed by atoms with van der Waals surface area (Å²) < 4.78 is 2.85. The van der Waals surface area contributed by atoms with E-state index >= 15 is 0 Å². The second-order valence-electron chi connectivity index (χ2n) is 4.63. The molecular weight excluding hydrogens is 350 g/mol. The number of halogens is 1. The molecule has 0 saturated carbocycles. The molecule has 0 aromatic carbocycles. The van der Waals surface area contributed by atoms with Gasteiger partial charge in [-0.05, 0) is 28.9 Å². The van der Waals surface area contributed by atoms with Crippen molar-refractivity contribution < 1.29 is 0 Å². The van der Waals surface area contributed by atoms with Gasteiger partial charge in [0, 0.05) is 41.3 Å². The normalized spacial score (nSPS) is 10.9. The maximum atomic E-state index is 4.67. The van der Waals surface area contributed by atoms with Crippen molar-refractivity contribution in [2.24, 2.45) is 7.05 Å². The first-order chi connectivity index (χ1) is 10.1. The van der Waals surface area contributed by atoms with Crippen LogP contribution in [0, 0.1) is 6.92 Å². The second kappa shape index (κ2) is 5.57. The first-order valence-electron chi connectivity index (χ1n) is 6.39. The molecule has 0 saturated heterocycles. The number of nitrogens with one attached hydrogen (secondary N) is 1. The molecule has 0 spiro atoms. The summed E-state index contributed by atoms with van der Waals surface area (Å²) in [4.78, 5) is 11.5. The molecule has 3 aromatic rings. The summed E-state index contributed by atoms with van der Waals surface area (Å²) in [7, 11) is 3.75. The van der Waals surface area contributed by atoms with Crippen molar-refractivity contribution >= 4 is 33.1 Å². The zero-order chi connectivity index (χ0) is 15.0. The largest absolute Gasteiger partial charge is 0.373 e. The maximum absolute atomic E-state index is 4.67. The Labute approximate surface area is 135 Å². The van der Waals surface area contributed by atoms with Gasteiger partial charge in [-0.2, -0.15) is 5.10 Å². The molecule has 0 aliphatic rings. The number of anilines is 1. The third kappa shape index (κ3) is 2.84. The summed E-state index contributed by atoms with van der Waals surface area (Å²) in [6.07, 6.45) is 3.75. The number of rotatable bonds is 3. The average Bonchev–Trinajstić information content (AvgIpc) is 3.05. The molecule has 108 valence electrons. The van der Waals surface area contributed by atoms with Crippen LogP contribution in [0.4, 0.5) is 5.82 Å². The first kappa shape index (κ1) is 14.2. The van der Waals surface area contributed by atoms with Crippen LogP contribution in [-0.2, 0) is 7.05 Å². The van der Waals surface area contributed by atoms with Gasteiger partial charge in [0.25, 0.3) is 0 Å². The summed E-state index contributed by atoms with van der Waals surface area (Å²) in [6.45, 7) is 2.07. The molecule has 0 aliphatic heterocycles. The summed E-state index contributed by atoms with van der Waals surface area (Å²) in [6, 6.07) is 3.98. The highest BCUT2D eigenvalue weighted by molar-refractivity contribution is 9.10. The average molecular weight is 364 g/mol. The van der Waals surface area contributed by atoms with Gasteiger partial charge >= 0.3 is 0 Å². The zero-order valence-electron chi connectivity index (χ0n) is 11.9. The second-order valence-corrected chi connectivity index (χ2v) is 6.74. The molecule has 3 aromatic heterocycles. The van der Waals surface area contributed by atoms with Gasteiger partial charge in [0.1, 0.15) is 5.82 Å². The molecule has 1 N–H and O–H groups in total. The van der Waals surface area contributed by atoms with Gasteiger partial charge in [-0.25, -0.2) is 9.97 Å². The summed E-state index contributed by atoms with van der Waals surface area (Å²) in [5.74, 6) is 1.51. The molecule has 0 atom stereocenters. The van der Waals surface area contributed by atoms with Gasteiger partial charge in [-0.15, -0.1) is 11.3 Å². The van der Waals surface area contributed by atoms with Crippen molar-refractivity contribution in [1.29, 1.82) is 0 Å². The molecule has 0 bridgehead atoms. The predicted octanol–water partition coefficient (Wildman–Crippen LogP) is 3.72. The van der Waals surface area contributed by atoms with Gasteiger partial charge in [-0.1, -0.05) is 0 Å². The van der Waals surface area contributed by atoms with Crippen molar-refractivity contribution in [2.75, 3.05) is 12.4 Å². The SMILES string of the molecule is CNc1cc(-c2cnn(C)c2)nc(-c2cc(Br)c(C)s2)n1. The molecule has 0 radical (unpaired) electrons. The summed E-state index contributed by atoms with van der Waals surface area (Å²) >= 11 is 5.22. The van der Waals surface area contributed by atoms with E-state index in [0.717, 1.165) is 32.2 Å². The van der Waals surface area contributed by atoms with Crippen molar-refractivity contribution in [3.63, 3.8) is 0 Å². The van der Waals surface area contributed by atoms with Gasteiger partial charge in [0.15, 0.2) is 5.82 Å². The minimum Gasteiger partial charge on any atom is -0.373 e. The molecule has 0 unspecified atom stereocenters. The molecule has 7 heteroatoms. The molecule has 0 amide bonds. The monoisotopic (exact) mass is 363 g/mol. The van der Waals surface area contributed by atoms with E-state index in [1.54, 1.807) is 22.2 Å². The van der Waals surface area contributed by atoms with Crippen LogP contribution in [0.2, 0.25) is 0 Å². The van der Waals surface area contributed by atoms with Gasteiger partial charge in [0.2, 0.25) is 0 Å². The zero-order valence-corrected chi connectivity index (χ0v) is 14.3. The lowest BCUT2D eigenvalue weighted by atomic mass is 10.2. The van der Waals surface area contributed by atoms with E-state index in [-0.39, 0.29) is 0 Å². The Bertz CT molecular complexity index is 773. The van der Waals surface area contributed by atoms with E-state index in [1.165, 1.54) is 4.88 Å². The van der Waals surface area contributed by atoms with Crippen LogP contribution in [0.3, 0.4) is 0 Å². The van der Waals surface area contributed by atoms with Gasteiger partial charge in [0.05, 0.1) is 16.8 Å². The lowest BCUT2D eigenvalue weighted by molar-refractivity contribution is 0.768. The fraction of sp³-hybridized carbons (Fsp3) is 0.214. The molecule has 3 rings (SSSR count). The topological polar surface area (TPSA) is 55.6 Å². The van der Waals surface area contributed by atoms with E-state index in [4.69, 9.17) is 0 Å². The number of aromatic nitrogens is 4. The smallest absolute Gasteiger partial charge is 0.172 e. The minimum atomic E-state index is 0.722. The minimum absolute atomic E-state index is 0.722. The van der Waals surface area contributed by atoms with E-state index < -0.39 is 0 Å². The van der Waals surface area contributed by atoms with Crippen LogP contribution in [0.5, 0.6) is 0 Å². The van der Waals surface area contributed by atoms with E-state index in [9.17, 15) is 0 Å². The highest BCUT2D eigenvalue weighted by atomic mass is 79.9. The molecular formula is C14H14BrN5S. The molecule has 0 fully saturated rings. The Kier molecular flexibility index (Phi) is 3.77. The van der Waals surface area contributed by atoms with Gasteiger partial charge in [-0.3, -0.25) is 4.68 Å². The highest BCUT2D eigenvalue weighted by Gasteiger charge is 2.12. The van der Waals surface area contributed by atoms with Crippen LogP contribution in [0.15, 0.2) is 29.0 Å². The maximum Gasteiger partial charge on any atom is 0.172 e. The van der Waals surface area contributed by atoms with Gasteiger partial charge < -0.3 is 5.32 Å².